The Morgan fingerprint density at radius 3 is 1.94 bits per heavy atom. The number of hydrogen-bond acceptors (Lipinski definition) is 14. The molecule has 2 aliphatic heterocycles. The number of aromatic nitrogens is 4. The summed E-state index contributed by atoms with van der Waals surface area (Å²) in [5, 5.41) is 10.5. The van der Waals surface area contributed by atoms with Gasteiger partial charge in [-0.15, -0.1) is 0 Å². The summed E-state index contributed by atoms with van der Waals surface area (Å²) in [7, 11) is -9.57. The van der Waals surface area contributed by atoms with Gasteiger partial charge < -0.3 is 30.1 Å². The highest BCUT2D eigenvalue weighted by Gasteiger charge is 2.44. The molecule has 22 heteroatoms. The zero-order chi connectivity index (χ0) is 35.2. The number of hydrogen-bond donors (Lipinski definition) is 6. The molecule has 0 aliphatic carbocycles. The summed E-state index contributed by atoms with van der Waals surface area (Å²) < 4.78 is 59.6. The molecule has 0 spiro atoms. The molecule has 4 heterocycles. The number of H-pyrrole nitrogens is 2. The van der Waals surface area contributed by atoms with Crippen LogP contribution in [-0.4, -0.2) is 84.8 Å². The molecule has 8 unspecified atom stereocenters. The van der Waals surface area contributed by atoms with E-state index in [9.17, 15) is 43.2 Å². The molecule has 270 valence electrons. The van der Waals surface area contributed by atoms with Crippen LogP contribution in [0, 0.1) is 13.8 Å². The second-order valence-electron chi connectivity index (χ2n) is 11.5. The van der Waals surface area contributed by atoms with Gasteiger partial charge in [0.1, 0.15) is 30.8 Å². The number of aromatic amines is 2. The molecule has 2 aromatic rings. The SMILES string of the molecule is Cc1cn(C2CC(O)C(COP(=O)(O)OC3CC(n4cc(C)c(=O)[nH]c4=O)OC3COP(=O)(O)OCCCCCCN)O2)c(=O)[nH]c1=O. The summed E-state index contributed by atoms with van der Waals surface area (Å²) in [6, 6.07) is 0. The molecule has 2 aliphatic rings. The van der Waals surface area contributed by atoms with E-state index in [1.807, 2.05) is 0 Å². The van der Waals surface area contributed by atoms with E-state index in [0.717, 1.165) is 22.0 Å². The minimum atomic E-state index is -4.98. The lowest BCUT2D eigenvalue weighted by Gasteiger charge is -2.23. The maximum atomic E-state index is 13.1. The van der Waals surface area contributed by atoms with E-state index < -0.39 is 88.2 Å². The van der Waals surface area contributed by atoms with Gasteiger partial charge in [-0.2, -0.15) is 0 Å². The molecule has 2 saturated heterocycles. The quantitative estimate of drug-likeness (QED) is 0.0909. The second-order valence-corrected chi connectivity index (χ2v) is 14.3. The zero-order valence-corrected chi connectivity index (χ0v) is 28.1. The van der Waals surface area contributed by atoms with E-state index >= 15 is 0 Å². The first-order valence-corrected chi connectivity index (χ1v) is 18.2. The Morgan fingerprint density at radius 2 is 1.33 bits per heavy atom. The van der Waals surface area contributed by atoms with Crippen molar-refractivity contribution >= 4 is 15.6 Å². The maximum absolute atomic E-state index is 13.1. The molecule has 7 N–H and O–H groups in total. The van der Waals surface area contributed by atoms with Gasteiger partial charge in [-0.25, -0.2) is 18.7 Å². The molecule has 0 radical (unpaired) electrons. The lowest BCUT2D eigenvalue weighted by Crippen LogP contribution is -2.33. The number of phosphoric ester groups is 2. The number of nitrogens with one attached hydrogen (secondary N) is 2. The third kappa shape index (κ3) is 10.2. The fourth-order valence-corrected chi connectivity index (χ4v) is 6.85. The van der Waals surface area contributed by atoms with Crippen molar-refractivity contribution in [2.45, 2.75) is 89.2 Å². The first-order chi connectivity index (χ1) is 22.6. The van der Waals surface area contributed by atoms with Crippen LogP contribution in [0.5, 0.6) is 0 Å². The van der Waals surface area contributed by atoms with Gasteiger partial charge in [0.05, 0.1) is 25.9 Å². The minimum Gasteiger partial charge on any atom is -0.390 e. The molecule has 20 nitrogen and oxygen atoms in total. The van der Waals surface area contributed by atoms with Crippen molar-refractivity contribution in [3.63, 3.8) is 0 Å². The van der Waals surface area contributed by atoms with Gasteiger partial charge in [0, 0.05) is 36.4 Å². The highest BCUT2D eigenvalue weighted by Crippen LogP contribution is 2.50. The van der Waals surface area contributed by atoms with Crippen LogP contribution in [0.25, 0.3) is 0 Å². The van der Waals surface area contributed by atoms with Crippen LogP contribution in [-0.2, 0) is 36.7 Å². The number of phosphoric acid groups is 2. The standard InChI is InChI=1S/C26H41N5O15P2/c1-15-11-30(25(35)28-23(15)33)21-9-17(32)19(44-21)13-43-48(39,40)46-18-10-22(31-12-16(2)24(34)29-26(31)36)45-20(18)14-42-47(37,38)41-8-6-4-3-5-7-27/h11-12,17-22,32H,3-10,13-14,27H2,1-2H3,(H,37,38)(H,39,40)(H,28,33,35)(H,29,34,36). The molecule has 0 amide bonds. The van der Waals surface area contributed by atoms with Gasteiger partial charge >= 0.3 is 27.0 Å². The average molecular weight is 726 g/mol. The monoisotopic (exact) mass is 725 g/mol. The van der Waals surface area contributed by atoms with Crippen molar-refractivity contribution in [2.75, 3.05) is 26.4 Å². The third-order valence-corrected chi connectivity index (χ3v) is 9.72. The number of aliphatic hydroxyl groups is 1. The largest absolute Gasteiger partial charge is 0.472 e. The smallest absolute Gasteiger partial charge is 0.390 e. The number of nitrogens with zero attached hydrogens (tertiary/aromatic N) is 2. The summed E-state index contributed by atoms with van der Waals surface area (Å²) in [6.45, 7) is 2.04. The highest BCUT2D eigenvalue weighted by atomic mass is 31.2. The van der Waals surface area contributed by atoms with Crippen LogP contribution < -0.4 is 28.2 Å². The number of nitrogens with two attached hydrogens (primary N) is 1. The summed E-state index contributed by atoms with van der Waals surface area (Å²) in [6.07, 6.45) is -2.31. The first-order valence-electron chi connectivity index (χ1n) is 15.2. The second kappa shape index (κ2) is 16.4. The number of aliphatic hydroxyl groups excluding tert-OH is 1. The summed E-state index contributed by atoms with van der Waals surface area (Å²) >= 11 is 0. The molecule has 4 rings (SSSR count). The van der Waals surface area contributed by atoms with Gasteiger partial charge in [-0.1, -0.05) is 12.8 Å². The van der Waals surface area contributed by atoms with Crippen LogP contribution in [0.4, 0.5) is 0 Å². The number of unbranched alkanes of at least 4 members (excludes halogenated alkanes) is 3. The summed E-state index contributed by atoms with van der Waals surface area (Å²) in [4.78, 5) is 73.3. The number of rotatable bonds is 17. The van der Waals surface area contributed by atoms with Crippen molar-refractivity contribution in [1.82, 2.24) is 19.1 Å². The van der Waals surface area contributed by atoms with E-state index in [2.05, 4.69) is 9.97 Å². The van der Waals surface area contributed by atoms with Gasteiger partial charge in [0.15, 0.2) is 0 Å². The Morgan fingerprint density at radius 1 is 0.812 bits per heavy atom. The Balaban J connectivity index is 1.41. The molecule has 0 saturated carbocycles. The van der Waals surface area contributed by atoms with E-state index in [1.165, 1.54) is 26.2 Å². The zero-order valence-electron chi connectivity index (χ0n) is 26.3. The van der Waals surface area contributed by atoms with Crippen LogP contribution >= 0.6 is 15.6 Å². The third-order valence-electron chi connectivity index (χ3n) is 7.72. The normalized spacial score (nSPS) is 26.8. The molecular weight excluding hydrogens is 684 g/mol. The molecule has 0 aromatic carbocycles. The van der Waals surface area contributed by atoms with E-state index in [0.29, 0.717) is 19.4 Å². The van der Waals surface area contributed by atoms with E-state index in [-0.39, 0.29) is 30.6 Å². The van der Waals surface area contributed by atoms with Crippen molar-refractivity contribution < 1.29 is 51.6 Å². The first kappa shape index (κ1) is 38.2. The van der Waals surface area contributed by atoms with Gasteiger partial charge in [0.2, 0.25) is 0 Å². The average Bonchev–Trinajstić information content (AvgIpc) is 3.58. The molecule has 2 aromatic heterocycles. The van der Waals surface area contributed by atoms with Crippen molar-refractivity contribution in [1.29, 1.82) is 0 Å². The predicted octanol–water partition coefficient (Wildman–Crippen LogP) is -0.206. The van der Waals surface area contributed by atoms with Gasteiger partial charge in [-0.05, 0) is 33.2 Å². The van der Waals surface area contributed by atoms with Gasteiger partial charge in [0.25, 0.3) is 11.1 Å². The minimum absolute atomic E-state index is 0.0788. The molecule has 8 atom stereocenters. The Kier molecular flexibility index (Phi) is 13.1. The van der Waals surface area contributed by atoms with E-state index in [4.69, 9.17) is 33.3 Å². The molecule has 2 fully saturated rings. The fourth-order valence-electron chi connectivity index (χ4n) is 5.12. The van der Waals surface area contributed by atoms with Crippen molar-refractivity contribution in [2.24, 2.45) is 5.73 Å². The lowest BCUT2D eigenvalue weighted by atomic mass is 10.2. The Hall–Kier alpha value is -2.58. The molecule has 48 heavy (non-hydrogen) atoms. The van der Waals surface area contributed by atoms with Crippen LogP contribution in [0.3, 0.4) is 0 Å². The molecule has 0 bridgehead atoms. The lowest BCUT2D eigenvalue weighted by molar-refractivity contribution is -0.0576. The number of ether oxygens (including phenoxy) is 2. The fraction of sp³-hybridized carbons (Fsp3) is 0.692. The number of aryl methyl sites for hydroxylation is 2. The van der Waals surface area contributed by atoms with E-state index in [1.54, 1.807) is 0 Å². The predicted molar refractivity (Wildman–Crippen MR) is 165 cm³/mol. The van der Waals surface area contributed by atoms with Crippen molar-refractivity contribution in [3.8, 4) is 0 Å². The summed E-state index contributed by atoms with van der Waals surface area (Å²) in [5.74, 6) is 0. The topological polar surface area (TPSA) is 286 Å². The summed E-state index contributed by atoms with van der Waals surface area (Å²) in [5.41, 5.74) is 3.00. The Labute approximate surface area is 272 Å². The maximum Gasteiger partial charge on any atom is 0.472 e. The van der Waals surface area contributed by atoms with Gasteiger partial charge in [-0.3, -0.25) is 46.8 Å². The Bertz CT molecular complexity index is 1740. The van der Waals surface area contributed by atoms with Crippen LogP contribution in [0.15, 0.2) is 31.6 Å². The van der Waals surface area contributed by atoms with Crippen LogP contribution in [0.2, 0.25) is 0 Å². The van der Waals surface area contributed by atoms with Crippen molar-refractivity contribution in [3.05, 3.63) is 65.2 Å². The van der Waals surface area contributed by atoms with Crippen LogP contribution in [0.1, 0.15) is 62.1 Å². The highest BCUT2D eigenvalue weighted by molar-refractivity contribution is 7.47. The molecular formula is C26H41N5O15P2.